The van der Waals surface area contributed by atoms with E-state index in [1.54, 1.807) is 33.2 Å². The number of aromatic nitrogens is 4. The van der Waals surface area contributed by atoms with Gasteiger partial charge in [0.2, 0.25) is 23.6 Å². The molecule has 0 bridgehead atoms. The van der Waals surface area contributed by atoms with Gasteiger partial charge in [-0.15, -0.1) is 0 Å². The van der Waals surface area contributed by atoms with Crippen molar-refractivity contribution in [3.63, 3.8) is 0 Å². The van der Waals surface area contributed by atoms with Crippen LogP contribution in [0.1, 0.15) is 113 Å². The van der Waals surface area contributed by atoms with Crippen LogP contribution in [-0.2, 0) is 19.2 Å². The van der Waals surface area contributed by atoms with Gasteiger partial charge in [-0.2, -0.15) is 13.2 Å². The monoisotopic (exact) mass is 792 g/mol. The van der Waals surface area contributed by atoms with Crippen LogP contribution in [0.4, 0.5) is 13.2 Å². The van der Waals surface area contributed by atoms with E-state index in [9.17, 15) is 32.3 Å². The molecule has 12 nitrogen and oxygen atoms in total. The van der Waals surface area contributed by atoms with E-state index in [4.69, 9.17) is 0 Å². The molecule has 0 saturated heterocycles. The predicted molar refractivity (Wildman–Crippen MR) is 213 cm³/mol. The van der Waals surface area contributed by atoms with Crippen molar-refractivity contribution < 1.29 is 32.3 Å². The number of amides is 4. The molecular weight excluding hydrogens is 738 g/mol. The molecule has 0 aliphatic carbocycles. The van der Waals surface area contributed by atoms with Crippen molar-refractivity contribution in [1.82, 2.24) is 41.2 Å². The summed E-state index contributed by atoms with van der Waals surface area (Å²) in [4.78, 5) is 66.3. The molecule has 0 radical (unpaired) electrons. The highest BCUT2D eigenvalue weighted by molar-refractivity contribution is 5.91. The minimum absolute atomic E-state index is 0.213. The van der Waals surface area contributed by atoms with Gasteiger partial charge >= 0.3 is 6.18 Å². The first-order valence-corrected chi connectivity index (χ1v) is 18.8. The summed E-state index contributed by atoms with van der Waals surface area (Å²) in [6, 6.07) is 14.7. The molecule has 0 spiro atoms. The van der Waals surface area contributed by atoms with Crippen molar-refractivity contribution in [2.45, 2.75) is 118 Å². The molecule has 6 N–H and O–H groups in total. The Balaban J connectivity index is 1.47. The molecule has 0 aliphatic rings. The average Bonchev–Trinajstić information content (AvgIpc) is 3.78. The molecule has 2 aromatic heterocycles. The lowest BCUT2D eigenvalue weighted by atomic mass is 9.85. The first-order valence-electron chi connectivity index (χ1n) is 18.8. The number of halogens is 3. The molecule has 0 saturated carbocycles. The fourth-order valence-electron chi connectivity index (χ4n) is 6.08. The molecule has 2 atom stereocenters. The number of imidazole rings is 2. The zero-order valence-corrected chi connectivity index (χ0v) is 34.5. The van der Waals surface area contributed by atoms with Gasteiger partial charge in [-0.3, -0.25) is 19.2 Å². The van der Waals surface area contributed by atoms with Crippen LogP contribution in [0.3, 0.4) is 0 Å². The maximum Gasteiger partial charge on any atom is 0.397 e. The van der Waals surface area contributed by atoms with E-state index in [1.165, 1.54) is 13.8 Å². The number of carbonyl (C=O) groups is 4. The SMILES string of the molecule is CCC(=O)NC(C)(C)C(=O)N[C@H](c1ncc(-c2ccc(-c3ccc(-c4cnc([C@@H](NC(=O)C(C)(C)NC(=O)CC(F)(F)F)C(C)(C)C)[nH]4)cc3)cc2)[nH]1)C(C)(C)C. The molecule has 0 fully saturated rings. The maximum absolute atomic E-state index is 13.3. The Hall–Kier alpha value is -5.47. The standard InChI is InChI=1S/C42H55F3N8O4/c1-12-30(54)52-40(8,9)36(56)50-32(38(2,3)4)34-46-22-28(48-34)26-17-13-24(14-18-26)25-15-19-27(20-16-25)29-23-47-35(49-29)33(39(5,6)7)51-37(57)41(10,11)53-31(55)21-42(43,44)45/h13-20,22-23,32-33H,12,21H2,1-11H3,(H,46,48)(H,47,49)(H,50,56)(H,51,57)(H,52,54)(H,53,55)/t32-,33-/m1/s1. The van der Waals surface area contributed by atoms with E-state index < -0.39 is 58.4 Å². The van der Waals surface area contributed by atoms with Crippen molar-refractivity contribution in [2.24, 2.45) is 10.8 Å². The van der Waals surface area contributed by atoms with E-state index in [2.05, 4.69) is 41.2 Å². The number of nitrogens with one attached hydrogen (secondary N) is 6. The number of benzene rings is 2. The Morgan fingerprint density at radius 3 is 1.23 bits per heavy atom. The number of nitrogens with zero attached hydrogens (tertiary/aromatic N) is 2. The first kappa shape index (κ1) is 44.2. The molecule has 0 aliphatic heterocycles. The summed E-state index contributed by atoms with van der Waals surface area (Å²) in [5, 5.41) is 10.9. The van der Waals surface area contributed by atoms with Gasteiger partial charge in [0.05, 0.1) is 35.9 Å². The van der Waals surface area contributed by atoms with Gasteiger partial charge in [-0.25, -0.2) is 9.97 Å². The molecule has 2 aromatic carbocycles. The summed E-state index contributed by atoms with van der Waals surface area (Å²) in [6.07, 6.45) is -2.72. The lowest BCUT2D eigenvalue weighted by Crippen LogP contribution is -2.56. The van der Waals surface area contributed by atoms with Crippen molar-refractivity contribution >= 4 is 23.6 Å². The second-order valence-electron chi connectivity index (χ2n) is 17.6. The van der Waals surface area contributed by atoms with Gasteiger partial charge in [0.1, 0.15) is 29.1 Å². The third-order valence-corrected chi connectivity index (χ3v) is 9.47. The predicted octanol–water partition coefficient (Wildman–Crippen LogP) is 7.69. The van der Waals surface area contributed by atoms with E-state index in [0.717, 1.165) is 27.9 Å². The van der Waals surface area contributed by atoms with Crippen LogP contribution < -0.4 is 21.3 Å². The Bertz CT molecular complexity index is 2050. The van der Waals surface area contributed by atoms with Gasteiger partial charge in [-0.1, -0.05) is 97.0 Å². The number of alkyl halides is 3. The molecule has 0 unspecified atom stereocenters. The summed E-state index contributed by atoms with van der Waals surface area (Å²) < 4.78 is 38.2. The number of aromatic amines is 2. The van der Waals surface area contributed by atoms with Crippen LogP contribution in [0.5, 0.6) is 0 Å². The van der Waals surface area contributed by atoms with Crippen LogP contribution >= 0.6 is 0 Å². The van der Waals surface area contributed by atoms with Crippen molar-refractivity contribution in [1.29, 1.82) is 0 Å². The molecule has 15 heteroatoms. The van der Waals surface area contributed by atoms with Crippen LogP contribution in [0.2, 0.25) is 0 Å². The van der Waals surface area contributed by atoms with E-state index in [0.29, 0.717) is 17.3 Å². The largest absolute Gasteiger partial charge is 0.397 e. The normalized spacial score (nSPS) is 13.7. The summed E-state index contributed by atoms with van der Waals surface area (Å²) >= 11 is 0. The quantitative estimate of drug-likeness (QED) is 0.0810. The zero-order chi connectivity index (χ0) is 42.7. The highest BCUT2D eigenvalue weighted by Crippen LogP contribution is 2.35. The molecule has 4 amide bonds. The van der Waals surface area contributed by atoms with Gasteiger partial charge < -0.3 is 31.2 Å². The van der Waals surface area contributed by atoms with E-state index >= 15 is 0 Å². The fourth-order valence-corrected chi connectivity index (χ4v) is 6.08. The van der Waals surface area contributed by atoms with Crippen molar-refractivity contribution in [3.8, 4) is 33.6 Å². The Morgan fingerprint density at radius 2 is 0.912 bits per heavy atom. The minimum Gasteiger partial charge on any atom is -0.344 e. The van der Waals surface area contributed by atoms with Crippen LogP contribution in [0, 0.1) is 10.8 Å². The molecule has 57 heavy (non-hydrogen) atoms. The third-order valence-electron chi connectivity index (χ3n) is 9.47. The average molecular weight is 793 g/mol. The van der Waals surface area contributed by atoms with E-state index in [1.807, 2.05) is 90.1 Å². The fraction of sp³-hybridized carbons (Fsp3) is 0.476. The second-order valence-corrected chi connectivity index (χ2v) is 17.6. The highest BCUT2D eigenvalue weighted by atomic mass is 19.4. The Labute approximate surface area is 332 Å². The van der Waals surface area contributed by atoms with Crippen LogP contribution in [0.25, 0.3) is 33.6 Å². The van der Waals surface area contributed by atoms with Crippen LogP contribution in [0.15, 0.2) is 60.9 Å². The number of carbonyl (C=O) groups excluding carboxylic acids is 4. The molecular formula is C42H55F3N8O4. The lowest BCUT2D eigenvalue weighted by Gasteiger charge is -2.34. The molecule has 308 valence electrons. The smallest absolute Gasteiger partial charge is 0.344 e. The number of hydrogen-bond donors (Lipinski definition) is 6. The van der Waals surface area contributed by atoms with E-state index in [-0.39, 0.29) is 18.2 Å². The number of rotatable bonds is 13. The topological polar surface area (TPSA) is 174 Å². The van der Waals surface area contributed by atoms with Gasteiger partial charge in [-0.05, 0) is 60.8 Å². The Morgan fingerprint density at radius 1 is 0.579 bits per heavy atom. The minimum atomic E-state index is -4.69. The van der Waals surface area contributed by atoms with Crippen molar-refractivity contribution in [2.75, 3.05) is 0 Å². The van der Waals surface area contributed by atoms with Gasteiger partial charge in [0.15, 0.2) is 0 Å². The van der Waals surface area contributed by atoms with Crippen LogP contribution in [-0.4, -0.2) is 60.8 Å². The number of H-pyrrole nitrogens is 2. The maximum atomic E-state index is 13.3. The highest BCUT2D eigenvalue weighted by Gasteiger charge is 2.39. The zero-order valence-electron chi connectivity index (χ0n) is 34.5. The third kappa shape index (κ3) is 11.5. The summed E-state index contributed by atoms with van der Waals surface area (Å²) in [5.74, 6) is -1.43. The Kier molecular flexibility index (Phi) is 12.9. The number of hydrogen-bond acceptors (Lipinski definition) is 6. The molecule has 4 aromatic rings. The summed E-state index contributed by atoms with van der Waals surface area (Å²) in [5.41, 5.74) is 1.51. The van der Waals surface area contributed by atoms with Gasteiger partial charge in [0, 0.05) is 6.42 Å². The summed E-state index contributed by atoms with van der Waals surface area (Å²) in [7, 11) is 0. The first-order chi connectivity index (χ1) is 26.2. The lowest BCUT2D eigenvalue weighted by molar-refractivity contribution is -0.156. The summed E-state index contributed by atoms with van der Waals surface area (Å²) in [6.45, 7) is 19.5. The van der Waals surface area contributed by atoms with Gasteiger partial charge in [0.25, 0.3) is 0 Å². The molecule has 4 rings (SSSR count). The molecule has 2 heterocycles. The second kappa shape index (κ2) is 16.6. The van der Waals surface area contributed by atoms with Crippen molar-refractivity contribution in [3.05, 3.63) is 72.6 Å².